The summed E-state index contributed by atoms with van der Waals surface area (Å²) in [6.45, 7) is 0. The zero-order valence-corrected chi connectivity index (χ0v) is 8.70. The van der Waals surface area contributed by atoms with Crippen LogP contribution < -0.4 is 34.7 Å². The average molecular weight is 181 g/mol. The van der Waals surface area contributed by atoms with Crippen molar-refractivity contribution in [2.24, 2.45) is 0 Å². The van der Waals surface area contributed by atoms with E-state index >= 15 is 0 Å². The summed E-state index contributed by atoms with van der Waals surface area (Å²) in [6.07, 6.45) is -0.251. The molecular formula is C4H4N3NaO2S. The van der Waals surface area contributed by atoms with E-state index in [2.05, 4.69) is 27.6 Å². The molecule has 1 aromatic heterocycles. The fourth-order valence-corrected chi connectivity index (χ4v) is 0.689. The minimum atomic E-state index is -1.19. The van der Waals surface area contributed by atoms with Gasteiger partial charge in [0.1, 0.15) is 10.3 Å². The van der Waals surface area contributed by atoms with Crippen molar-refractivity contribution in [1.29, 1.82) is 0 Å². The molecule has 11 heavy (non-hydrogen) atoms. The molecule has 0 aromatic carbocycles. The van der Waals surface area contributed by atoms with Crippen LogP contribution in [0, 0.1) is 4.64 Å². The van der Waals surface area contributed by atoms with Crippen molar-refractivity contribution in [3.05, 3.63) is 10.3 Å². The molecule has 0 saturated carbocycles. The summed E-state index contributed by atoms with van der Waals surface area (Å²) in [5, 5.41) is 18.3. The number of aromatic nitrogens is 3. The SMILES string of the molecule is O=C([O-])Cc1n[nH][nH]c1=S.[Na+]. The molecule has 0 bridgehead atoms. The van der Waals surface area contributed by atoms with E-state index in [0.29, 0.717) is 10.3 Å². The van der Waals surface area contributed by atoms with Gasteiger partial charge in [-0.1, -0.05) is 12.2 Å². The maximum Gasteiger partial charge on any atom is 1.00 e. The Morgan fingerprint density at radius 2 is 2.36 bits per heavy atom. The van der Waals surface area contributed by atoms with Gasteiger partial charge in [-0.25, -0.2) is 5.21 Å². The molecule has 0 saturated heterocycles. The Bertz CT molecular complexity index is 294. The van der Waals surface area contributed by atoms with E-state index in [-0.39, 0.29) is 36.0 Å². The Kier molecular flexibility index (Phi) is 4.58. The number of rotatable bonds is 2. The van der Waals surface area contributed by atoms with E-state index in [4.69, 9.17) is 0 Å². The van der Waals surface area contributed by atoms with Gasteiger partial charge in [0.05, 0.1) is 0 Å². The molecule has 1 rings (SSSR count). The molecule has 0 fully saturated rings. The van der Waals surface area contributed by atoms with Crippen LogP contribution in [0.2, 0.25) is 0 Å². The van der Waals surface area contributed by atoms with Crippen molar-refractivity contribution in [3.63, 3.8) is 0 Å². The predicted molar refractivity (Wildman–Crippen MR) is 32.5 cm³/mol. The normalized spacial score (nSPS) is 8.73. The summed E-state index contributed by atoms with van der Waals surface area (Å²) in [5.41, 5.74) is 0.301. The predicted octanol–water partition coefficient (Wildman–Crippen LogP) is -4.24. The monoisotopic (exact) mass is 181 g/mol. The van der Waals surface area contributed by atoms with Crippen molar-refractivity contribution in [2.75, 3.05) is 0 Å². The number of aromatic amines is 2. The Morgan fingerprint density at radius 3 is 2.73 bits per heavy atom. The Morgan fingerprint density at radius 1 is 1.73 bits per heavy atom. The van der Waals surface area contributed by atoms with Gasteiger partial charge in [0.15, 0.2) is 0 Å². The standard InChI is InChI=1S/C4H5N3O2S.Na/c8-3(9)1-2-4(10)6-7-5-2;/h1H2,(H,8,9)(H2,5,6,7,10);/q;+1/p-1. The smallest absolute Gasteiger partial charge is 0.550 e. The number of H-pyrrole nitrogens is 2. The maximum absolute atomic E-state index is 9.99. The van der Waals surface area contributed by atoms with Crippen LogP contribution in [0.4, 0.5) is 0 Å². The van der Waals surface area contributed by atoms with E-state index < -0.39 is 5.97 Å². The van der Waals surface area contributed by atoms with Gasteiger partial charge >= 0.3 is 29.6 Å². The largest absolute Gasteiger partial charge is 1.00 e. The Hall–Kier alpha value is -0.170. The van der Waals surface area contributed by atoms with Crippen molar-refractivity contribution >= 4 is 18.2 Å². The minimum Gasteiger partial charge on any atom is -0.550 e. The Labute approximate surface area is 89.5 Å². The first-order chi connectivity index (χ1) is 4.70. The van der Waals surface area contributed by atoms with Crippen molar-refractivity contribution < 1.29 is 39.5 Å². The number of hydrogen-bond acceptors (Lipinski definition) is 4. The number of hydrogen-bond donors (Lipinski definition) is 2. The third-order valence-corrected chi connectivity index (χ3v) is 1.27. The van der Waals surface area contributed by atoms with Crippen LogP contribution in [0.5, 0.6) is 0 Å². The first kappa shape index (κ1) is 10.8. The van der Waals surface area contributed by atoms with Crippen molar-refractivity contribution in [1.82, 2.24) is 15.4 Å². The summed E-state index contributed by atoms with van der Waals surface area (Å²) in [7, 11) is 0. The second-order valence-corrected chi connectivity index (χ2v) is 2.08. The number of carbonyl (C=O) groups is 1. The molecular weight excluding hydrogens is 177 g/mol. The van der Waals surface area contributed by atoms with Gasteiger partial charge < -0.3 is 9.90 Å². The van der Waals surface area contributed by atoms with Gasteiger partial charge in [-0.2, -0.15) is 5.10 Å². The van der Waals surface area contributed by atoms with Crippen LogP contribution in [0.15, 0.2) is 0 Å². The Balaban J connectivity index is 0.000001000. The maximum atomic E-state index is 9.99. The molecule has 5 nitrogen and oxygen atoms in total. The number of carboxylic acids is 1. The number of nitrogens with zero attached hydrogens (tertiary/aromatic N) is 1. The number of carboxylic acid groups (broad SMARTS) is 1. The van der Waals surface area contributed by atoms with Gasteiger partial charge in [0, 0.05) is 12.4 Å². The summed E-state index contributed by atoms with van der Waals surface area (Å²) in [4.78, 5) is 9.99. The number of carbonyl (C=O) groups excluding carboxylic acids is 1. The molecule has 0 unspecified atom stereocenters. The summed E-state index contributed by atoms with van der Waals surface area (Å²) >= 11 is 4.66. The fourth-order valence-electron chi connectivity index (χ4n) is 0.526. The molecule has 2 N–H and O–H groups in total. The zero-order valence-electron chi connectivity index (χ0n) is 5.88. The molecule has 0 spiro atoms. The summed E-state index contributed by atoms with van der Waals surface area (Å²) in [6, 6.07) is 0. The van der Waals surface area contributed by atoms with Crippen molar-refractivity contribution in [3.8, 4) is 0 Å². The first-order valence-electron chi connectivity index (χ1n) is 2.52. The molecule has 0 atom stereocenters. The number of nitrogens with one attached hydrogen (secondary N) is 2. The van der Waals surface area contributed by atoms with Crippen LogP contribution in [0.1, 0.15) is 5.69 Å². The molecule has 0 aliphatic heterocycles. The van der Waals surface area contributed by atoms with Crippen molar-refractivity contribution in [2.45, 2.75) is 6.42 Å². The average Bonchev–Trinajstić information content (AvgIpc) is 2.15. The van der Waals surface area contributed by atoms with Crippen LogP contribution in [0.3, 0.4) is 0 Å². The van der Waals surface area contributed by atoms with Crippen LogP contribution in [0.25, 0.3) is 0 Å². The second kappa shape index (κ2) is 4.66. The van der Waals surface area contributed by atoms with E-state index in [9.17, 15) is 9.90 Å². The third kappa shape index (κ3) is 3.15. The first-order valence-corrected chi connectivity index (χ1v) is 2.92. The quantitative estimate of drug-likeness (QED) is 0.357. The molecule has 0 radical (unpaired) electrons. The van der Waals surface area contributed by atoms with Gasteiger partial charge in [-0.3, -0.25) is 5.10 Å². The summed E-state index contributed by atoms with van der Waals surface area (Å²) in [5.74, 6) is -1.19. The molecule has 1 heterocycles. The molecule has 7 heteroatoms. The molecule has 54 valence electrons. The van der Waals surface area contributed by atoms with Gasteiger partial charge in [0.2, 0.25) is 0 Å². The van der Waals surface area contributed by atoms with Gasteiger partial charge in [-0.05, 0) is 0 Å². The summed E-state index contributed by atoms with van der Waals surface area (Å²) < 4.78 is 0.309. The van der Waals surface area contributed by atoms with E-state index in [0.717, 1.165) is 0 Å². The molecule has 0 aliphatic rings. The minimum absolute atomic E-state index is 0. The van der Waals surface area contributed by atoms with Gasteiger partial charge in [0.25, 0.3) is 0 Å². The zero-order chi connectivity index (χ0) is 7.56. The van der Waals surface area contributed by atoms with E-state index in [1.807, 2.05) is 0 Å². The second-order valence-electron chi connectivity index (χ2n) is 1.67. The van der Waals surface area contributed by atoms with E-state index in [1.165, 1.54) is 0 Å². The van der Waals surface area contributed by atoms with E-state index in [1.54, 1.807) is 0 Å². The fraction of sp³-hybridized carbons (Fsp3) is 0.250. The van der Waals surface area contributed by atoms with Crippen LogP contribution >= 0.6 is 12.2 Å². The molecule has 0 aliphatic carbocycles. The topological polar surface area (TPSA) is 84.6 Å². The number of aliphatic carboxylic acids is 1. The van der Waals surface area contributed by atoms with Crippen LogP contribution in [-0.2, 0) is 11.2 Å². The third-order valence-electron chi connectivity index (χ3n) is 0.934. The van der Waals surface area contributed by atoms with Gasteiger partial charge in [-0.15, -0.1) is 0 Å². The molecule has 0 amide bonds. The molecule has 1 aromatic rings. The van der Waals surface area contributed by atoms with Crippen LogP contribution in [-0.4, -0.2) is 21.4 Å².